The summed E-state index contributed by atoms with van der Waals surface area (Å²) in [5.41, 5.74) is 2.16. The van der Waals surface area contributed by atoms with Gasteiger partial charge in [-0.3, -0.25) is 9.69 Å². The molecule has 2 aromatic carbocycles. The van der Waals surface area contributed by atoms with E-state index in [4.69, 9.17) is 5.14 Å². The lowest BCUT2D eigenvalue weighted by Crippen LogP contribution is -2.42. The molecule has 1 aliphatic carbocycles. The molecule has 3 N–H and O–H groups in total. The third kappa shape index (κ3) is 6.66. The van der Waals surface area contributed by atoms with Crippen molar-refractivity contribution in [2.45, 2.75) is 43.7 Å². The first-order chi connectivity index (χ1) is 13.8. The smallest absolute Gasteiger partial charge is 0.238 e. The zero-order valence-electron chi connectivity index (χ0n) is 16.8. The molecule has 0 heterocycles. The zero-order chi connectivity index (χ0) is 20.9. The van der Waals surface area contributed by atoms with Crippen LogP contribution in [-0.4, -0.2) is 38.4 Å². The van der Waals surface area contributed by atoms with E-state index in [1.165, 1.54) is 30.5 Å². The van der Waals surface area contributed by atoms with E-state index in [2.05, 4.69) is 29.3 Å². The summed E-state index contributed by atoms with van der Waals surface area (Å²) in [7, 11) is -3.68. The van der Waals surface area contributed by atoms with E-state index in [1.54, 1.807) is 12.1 Å². The Morgan fingerprint density at radius 2 is 1.76 bits per heavy atom. The molecular formula is C22H29N3O3S. The normalized spacial score (nSPS) is 15.3. The van der Waals surface area contributed by atoms with Crippen molar-refractivity contribution in [3.8, 4) is 0 Å². The second-order valence-electron chi connectivity index (χ2n) is 7.76. The van der Waals surface area contributed by atoms with Crippen LogP contribution in [0.2, 0.25) is 0 Å². The van der Waals surface area contributed by atoms with E-state index in [0.717, 1.165) is 12.1 Å². The van der Waals surface area contributed by atoms with Crippen LogP contribution < -0.4 is 10.5 Å². The number of benzene rings is 2. The molecule has 1 atom stereocenters. The third-order valence-corrected chi connectivity index (χ3v) is 6.37. The van der Waals surface area contributed by atoms with Crippen LogP contribution in [0.3, 0.4) is 0 Å². The maximum absolute atomic E-state index is 12.5. The summed E-state index contributed by atoms with van der Waals surface area (Å²) >= 11 is 0. The number of nitrogens with one attached hydrogen (secondary N) is 1. The lowest BCUT2D eigenvalue weighted by atomic mass is 10.1. The minimum absolute atomic E-state index is 0.00888. The Morgan fingerprint density at radius 3 is 2.34 bits per heavy atom. The van der Waals surface area contributed by atoms with Gasteiger partial charge in [-0.05, 0) is 55.4 Å². The summed E-state index contributed by atoms with van der Waals surface area (Å²) in [6, 6.07) is 17.0. The summed E-state index contributed by atoms with van der Waals surface area (Å²) in [6.07, 6.45) is 3.11. The SMILES string of the molecule is C[C@H](C1CC1)N(CC(=O)NCCc1ccc(S(N)(=O)=O)cc1)Cc1ccccc1. The first-order valence-electron chi connectivity index (χ1n) is 9.99. The van der Waals surface area contributed by atoms with E-state index in [-0.39, 0.29) is 10.8 Å². The molecule has 0 aliphatic heterocycles. The van der Waals surface area contributed by atoms with Crippen LogP contribution in [0.5, 0.6) is 0 Å². The number of rotatable bonds is 10. The number of sulfonamides is 1. The molecule has 0 radical (unpaired) electrons. The van der Waals surface area contributed by atoms with Crippen molar-refractivity contribution in [2.75, 3.05) is 13.1 Å². The Kier molecular flexibility index (Phi) is 7.05. The van der Waals surface area contributed by atoms with E-state index in [1.807, 2.05) is 18.2 Å². The number of hydrogen-bond acceptors (Lipinski definition) is 4. The largest absolute Gasteiger partial charge is 0.355 e. The summed E-state index contributed by atoms with van der Waals surface area (Å²) < 4.78 is 22.6. The highest BCUT2D eigenvalue weighted by Gasteiger charge is 2.32. The van der Waals surface area contributed by atoms with Crippen molar-refractivity contribution in [1.29, 1.82) is 0 Å². The molecule has 2 aromatic rings. The third-order valence-electron chi connectivity index (χ3n) is 5.44. The van der Waals surface area contributed by atoms with Gasteiger partial charge in [0.05, 0.1) is 11.4 Å². The van der Waals surface area contributed by atoms with Gasteiger partial charge >= 0.3 is 0 Å². The van der Waals surface area contributed by atoms with E-state index < -0.39 is 10.0 Å². The van der Waals surface area contributed by atoms with Crippen LogP contribution in [0.1, 0.15) is 30.9 Å². The Bertz CT molecular complexity index is 910. The highest BCUT2D eigenvalue weighted by molar-refractivity contribution is 7.89. The van der Waals surface area contributed by atoms with Gasteiger partial charge in [-0.25, -0.2) is 13.6 Å². The molecule has 156 valence electrons. The van der Waals surface area contributed by atoms with Crippen molar-refractivity contribution >= 4 is 15.9 Å². The predicted molar refractivity (Wildman–Crippen MR) is 114 cm³/mol. The van der Waals surface area contributed by atoms with E-state index >= 15 is 0 Å². The van der Waals surface area contributed by atoms with E-state index in [9.17, 15) is 13.2 Å². The first kappa shape index (κ1) is 21.5. The number of hydrogen-bond donors (Lipinski definition) is 2. The fourth-order valence-corrected chi connectivity index (χ4v) is 3.99. The second kappa shape index (κ2) is 9.52. The molecule has 1 amide bonds. The fourth-order valence-electron chi connectivity index (χ4n) is 3.47. The molecule has 0 aromatic heterocycles. The summed E-state index contributed by atoms with van der Waals surface area (Å²) in [6.45, 7) is 3.85. The summed E-state index contributed by atoms with van der Waals surface area (Å²) in [4.78, 5) is 14.9. The van der Waals surface area contributed by atoms with Crippen LogP contribution >= 0.6 is 0 Å². The lowest BCUT2D eigenvalue weighted by Gasteiger charge is -2.28. The quantitative estimate of drug-likeness (QED) is 0.623. The molecule has 0 unspecified atom stereocenters. The van der Waals surface area contributed by atoms with Crippen LogP contribution in [0.25, 0.3) is 0 Å². The van der Waals surface area contributed by atoms with Gasteiger partial charge in [-0.1, -0.05) is 42.5 Å². The van der Waals surface area contributed by atoms with Gasteiger partial charge in [0.25, 0.3) is 0 Å². The van der Waals surface area contributed by atoms with Gasteiger partial charge in [-0.2, -0.15) is 0 Å². The predicted octanol–water partition coefficient (Wildman–Crippen LogP) is 2.29. The number of primary sulfonamides is 1. The molecule has 3 rings (SSSR count). The van der Waals surface area contributed by atoms with Gasteiger partial charge in [0.1, 0.15) is 0 Å². The minimum Gasteiger partial charge on any atom is -0.355 e. The maximum Gasteiger partial charge on any atom is 0.238 e. The highest BCUT2D eigenvalue weighted by Crippen LogP contribution is 2.35. The molecule has 0 spiro atoms. The lowest BCUT2D eigenvalue weighted by molar-refractivity contribution is -0.123. The first-order valence-corrected chi connectivity index (χ1v) is 11.5. The molecule has 29 heavy (non-hydrogen) atoms. The number of carbonyl (C=O) groups excluding carboxylic acids is 1. The molecule has 1 fully saturated rings. The zero-order valence-corrected chi connectivity index (χ0v) is 17.6. The van der Waals surface area contributed by atoms with Crippen LogP contribution in [0.4, 0.5) is 0 Å². The van der Waals surface area contributed by atoms with Crippen molar-refractivity contribution in [3.05, 3.63) is 65.7 Å². The Hall–Kier alpha value is -2.22. The van der Waals surface area contributed by atoms with Crippen LogP contribution in [0, 0.1) is 5.92 Å². The van der Waals surface area contributed by atoms with Crippen molar-refractivity contribution < 1.29 is 13.2 Å². The van der Waals surface area contributed by atoms with Gasteiger partial charge in [0.15, 0.2) is 0 Å². The average molecular weight is 416 g/mol. The topological polar surface area (TPSA) is 92.5 Å². The van der Waals surface area contributed by atoms with Crippen molar-refractivity contribution in [3.63, 3.8) is 0 Å². The fraction of sp³-hybridized carbons (Fsp3) is 0.409. The number of nitrogens with two attached hydrogens (primary N) is 1. The molecular weight excluding hydrogens is 386 g/mol. The molecule has 0 bridgehead atoms. The van der Waals surface area contributed by atoms with Crippen LogP contribution in [0.15, 0.2) is 59.5 Å². The Balaban J connectivity index is 1.50. The van der Waals surface area contributed by atoms with E-state index in [0.29, 0.717) is 31.5 Å². The van der Waals surface area contributed by atoms with Crippen molar-refractivity contribution in [1.82, 2.24) is 10.2 Å². The molecule has 7 heteroatoms. The van der Waals surface area contributed by atoms with Crippen LogP contribution in [-0.2, 0) is 27.8 Å². The highest BCUT2D eigenvalue weighted by atomic mass is 32.2. The standard InChI is InChI=1S/C22H29N3O3S/c1-17(20-9-10-20)25(15-19-5-3-2-4-6-19)16-22(26)24-14-13-18-7-11-21(12-8-18)29(23,27)28/h2-8,11-12,17,20H,9-10,13-16H2,1H3,(H,24,26)(H2,23,27,28)/t17-/m1/s1. The monoisotopic (exact) mass is 415 g/mol. The number of nitrogens with zero attached hydrogens (tertiary/aromatic N) is 1. The second-order valence-corrected chi connectivity index (χ2v) is 9.32. The number of carbonyl (C=O) groups is 1. The molecule has 1 aliphatic rings. The molecule has 6 nitrogen and oxygen atoms in total. The van der Waals surface area contributed by atoms with Gasteiger partial charge in [-0.15, -0.1) is 0 Å². The summed E-state index contributed by atoms with van der Waals surface area (Å²) in [5.74, 6) is 0.693. The molecule has 1 saturated carbocycles. The Labute approximate surface area is 173 Å². The minimum atomic E-state index is -3.68. The van der Waals surface area contributed by atoms with Gasteiger partial charge in [0.2, 0.25) is 15.9 Å². The van der Waals surface area contributed by atoms with Crippen molar-refractivity contribution in [2.24, 2.45) is 11.1 Å². The van der Waals surface area contributed by atoms with Gasteiger partial charge < -0.3 is 5.32 Å². The maximum atomic E-state index is 12.5. The average Bonchev–Trinajstić information content (AvgIpc) is 3.53. The number of amides is 1. The Morgan fingerprint density at radius 1 is 1.10 bits per heavy atom. The summed E-state index contributed by atoms with van der Waals surface area (Å²) in [5, 5.41) is 8.09. The molecule has 0 saturated heterocycles. The van der Waals surface area contributed by atoms with Gasteiger partial charge in [0, 0.05) is 19.1 Å².